The van der Waals surface area contributed by atoms with E-state index in [1.165, 1.54) is 11.8 Å². The SMILES string of the molecule is CC(CC(=O)O)NC(=O)CSCc1ccc(Cl)cc1Cl. The number of carboxylic acids is 1. The highest BCUT2D eigenvalue weighted by Gasteiger charge is 2.11. The van der Waals surface area contributed by atoms with Crippen molar-refractivity contribution in [3.05, 3.63) is 33.8 Å². The Balaban J connectivity index is 2.33. The van der Waals surface area contributed by atoms with E-state index in [9.17, 15) is 9.59 Å². The maximum atomic E-state index is 11.6. The van der Waals surface area contributed by atoms with Crippen molar-refractivity contribution in [2.45, 2.75) is 25.1 Å². The van der Waals surface area contributed by atoms with Gasteiger partial charge in [0.05, 0.1) is 12.2 Å². The van der Waals surface area contributed by atoms with Gasteiger partial charge in [0, 0.05) is 21.8 Å². The summed E-state index contributed by atoms with van der Waals surface area (Å²) in [5.74, 6) is -0.271. The predicted octanol–water partition coefficient (Wildman–Crippen LogP) is 3.21. The van der Waals surface area contributed by atoms with Gasteiger partial charge in [-0.15, -0.1) is 11.8 Å². The van der Waals surface area contributed by atoms with Crippen LogP contribution in [-0.2, 0) is 15.3 Å². The summed E-state index contributed by atoms with van der Waals surface area (Å²) in [6, 6.07) is 4.86. The molecule has 7 heteroatoms. The van der Waals surface area contributed by atoms with Crippen LogP contribution < -0.4 is 5.32 Å². The minimum absolute atomic E-state index is 0.0839. The van der Waals surface area contributed by atoms with Gasteiger partial charge in [-0.3, -0.25) is 9.59 Å². The fourth-order valence-electron chi connectivity index (χ4n) is 1.52. The zero-order chi connectivity index (χ0) is 15.1. The van der Waals surface area contributed by atoms with Gasteiger partial charge in [0.15, 0.2) is 0 Å². The average molecular weight is 336 g/mol. The quantitative estimate of drug-likeness (QED) is 0.802. The largest absolute Gasteiger partial charge is 0.481 e. The number of carbonyl (C=O) groups is 2. The van der Waals surface area contributed by atoms with Gasteiger partial charge in [0.2, 0.25) is 5.91 Å². The van der Waals surface area contributed by atoms with Gasteiger partial charge in [-0.05, 0) is 24.6 Å². The Morgan fingerprint density at radius 1 is 1.40 bits per heavy atom. The molecule has 0 aliphatic rings. The molecular weight excluding hydrogens is 321 g/mol. The van der Waals surface area contributed by atoms with Gasteiger partial charge in [-0.2, -0.15) is 0 Å². The van der Waals surface area contributed by atoms with E-state index in [4.69, 9.17) is 28.3 Å². The summed E-state index contributed by atoms with van der Waals surface area (Å²) in [4.78, 5) is 22.1. The molecule has 4 nitrogen and oxygen atoms in total. The van der Waals surface area contributed by atoms with Crippen molar-refractivity contribution in [3.63, 3.8) is 0 Å². The maximum Gasteiger partial charge on any atom is 0.305 e. The number of hydrogen-bond donors (Lipinski definition) is 2. The second-order valence-electron chi connectivity index (χ2n) is 4.29. The van der Waals surface area contributed by atoms with Crippen LogP contribution in [0.1, 0.15) is 18.9 Å². The highest BCUT2D eigenvalue weighted by molar-refractivity contribution is 7.99. The Kier molecular flexibility index (Phi) is 7.19. The van der Waals surface area contributed by atoms with Crippen LogP contribution in [0.25, 0.3) is 0 Å². The third-order valence-corrected chi connectivity index (χ3v) is 3.96. The highest BCUT2D eigenvalue weighted by atomic mass is 35.5. The summed E-state index contributed by atoms with van der Waals surface area (Å²) in [5, 5.41) is 12.4. The molecule has 20 heavy (non-hydrogen) atoms. The van der Waals surface area contributed by atoms with E-state index in [-0.39, 0.29) is 24.1 Å². The first-order chi connectivity index (χ1) is 9.38. The van der Waals surface area contributed by atoms with E-state index in [2.05, 4.69) is 5.32 Å². The number of rotatable bonds is 7. The Morgan fingerprint density at radius 2 is 2.10 bits per heavy atom. The van der Waals surface area contributed by atoms with Gasteiger partial charge in [0.25, 0.3) is 0 Å². The summed E-state index contributed by atoms with van der Waals surface area (Å²) < 4.78 is 0. The van der Waals surface area contributed by atoms with Crippen molar-refractivity contribution >= 4 is 46.8 Å². The lowest BCUT2D eigenvalue weighted by Gasteiger charge is -2.11. The van der Waals surface area contributed by atoms with Crippen molar-refractivity contribution in [1.29, 1.82) is 0 Å². The lowest BCUT2D eigenvalue weighted by atomic mass is 10.2. The lowest BCUT2D eigenvalue weighted by molar-refractivity contribution is -0.137. The Bertz CT molecular complexity index is 497. The van der Waals surface area contributed by atoms with Gasteiger partial charge >= 0.3 is 5.97 Å². The van der Waals surface area contributed by atoms with Crippen LogP contribution in [0.4, 0.5) is 0 Å². The summed E-state index contributed by atoms with van der Waals surface area (Å²) in [6.07, 6.45) is -0.0839. The molecular formula is C13H15Cl2NO3S. The molecule has 110 valence electrons. The number of benzene rings is 1. The molecule has 0 aliphatic carbocycles. The van der Waals surface area contributed by atoms with Crippen molar-refractivity contribution < 1.29 is 14.7 Å². The van der Waals surface area contributed by atoms with Gasteiger partial charge in [-0.25, -0.2) is 0 Å². The van der Waals surface area contributed by atoms with Crippen molar-refractivity contribution in [1.82, 2.24) is 5.32 Å². The van der Waals surface area contributed by atoms with Crippen LogP contribution in [0.2, 0.25) is 10.0 Å². The number of carbonyl (C=O) groups excluding carboxylic acids is 1. The molecule has 0 bridgehead atoms. The van der Waals surface area contributed by atoms with Crippen LogP contribution >= 0.6 is 35.0 Å². The number of thioether (sulfide) groups is 1. The number of nitrogens with one attached hydrogen (secondary N) is 1. The molecule has 1 atom stereocenters. The molecule has 0 aliphatic heterocycles. The predicted molar refractivity (Wildman–Crippen MR) is 82.5 cm³/mol. The van der Waals surface area contributed by atoms with Gasteiger partial charge in [0.1, 0.15) is 0 Å². The number of carboxylic acid groups (broad SMARTS) is 1. The van der Waals surface area contributed by atoms with Crippen molar-refractivity contribution in [2.75, 3.05) is 5.75 Å². The molecule has 1 amide bonds. The van der Waals surface area contributed by atoms with Crippen LogP contribution in [-0.4, -0.2) is 28.8 Å². The first-order valence-corrected chi connectivity index (χ1v) is 7.82. The third-order valence-electron chi connectivity index (χ3n) is 2.39. The maximum absolute atomic E-state index is 11.6. The molecule has 0 radical (unpaired) electrons. The average Bonchev–Trinajstić information content (AvgIpc) is 2.30. The number of hydrogen-bond acceptors (Lipinski definition) is 3. The lowest BCUT2D eigenvalue weighted by Crippen LogP contribution is -2.35. The van der Waals surface area contributed by atoms with E-state index in [1.54, 1.807) is 19.1 Å². The molecule has 2 N–H and O–H groups in total. The van der Waals surface area contributed by atoms with E-state index in [1.807, 2.05) is 6.07 Å². The van der Waals surface area contributed by atoms with E-state index in [0.29, 0.717) is 15.8 Å². The van der Waals surface area contributed by atoms with Gasteiger partial charge in [-0.1, -0.05) is 29.3 Å². The fraction of sp³-hybridized carbons (Fsp3) is 0.385. The molecule has 1 unspecified atom stereocenters. The van der Waals surface area contributed by atoms with E-state index < -0.39 is 5.97 Å². The molecule has 1 aromatic rings. The van der Waals surface area contributed by atoms with Crippen LogP contribution in [0.3, 0.4) is 0 Å². The molecule has 0 aromatic heterocycles. The Labute approximate surface area is 131 Å². The molecule has 0 saturated heterocycles. The third kappa shape index (κ3) is 6.50. The highest BCUT2D eigenvalue weighted by Crippen LogP contribution is 2.24. The standard InChI is InChI=1S/C13H15Cl2NO3S/c1-8(4-13(18)19)16-12(17)7-20-6-9-2-3-10(14)5-11(9)15/h2-3,5,8H,4,6-7H2,1H3,(H,16,17)(H,18,19). The number of amides is 1. The monoisotopic (exact) mass is 335 g/mol. The Hall–Kier alpha value is -0.910. The van der Waals surface area contributed by atoms with E-state index in [0.717, 1.165) is 5.56 Å². The topological polar surface area (TPSA) is 66.4 Å². The summed E-state index contributed by atoms with van der Waals surface area (Å²) in [7, 11) is 0. The van der Waals surface area contributed by atoms with Gasteiger partial charge < -0.3 is 10.4 Å². The zero-order valence-corrected chi connectivity index (χ0v) is 13.2. The number of halogens is 2. The minimum atomic E-state index is -0.932. The van der Waals surface area contributed by atoms with Crippen molar-refractivity contribution in [2.24, 2.45) is 0 Å². The molecule has 0 spiro atoms. The summed E-state index contributed by atoms with van der Waals surface area (Å²) in [5.41, 5.74) is 0.910. The van der Waals surface area contributed by atoms with Crippen LogP contribution in [0.15, 0.2) is 18.2 Å². The van der Waals surface area contributed by atoms with E-state index >= 15 is 0 Å². The summed E-state index contributed by atoms with van der Waals surface area (Å²) in [6.45, 7) is 1.66. The second kappa shape index (κ2) is 8.39. The zero-order valence-electron chi connectivity index (χ0n) is 10.9. The molecule has 1 rings (SSSR count). The second-order valence-corrected chi connectivity index (χ2v) is 6.12. The molecule has 0 saturated carbocycles. The fourth-order valence-corrected chi connectivity index (χ4v) is 2.92. The van der Waals surface area contributed by atoms with Crippen LogP contribution in [0.5, 0.6) is 0 Å². The summed E-state index contributed by atoms with van der Waals surface area (Å²) >= 11 is 13.2. The normalized spacial score (nSPS) is 11.9. The van der Waals surface area contributed by atoms with Crippen LogP contribution in [0, 0.1) is 0 Å². The minimum Gasteiger partial charge on any atom is -0.481 e. The van der Waals surface area contributed by atoms with Crippen molar-refractivity contribution in [3.8, 4) is 0 Å². The molecule has 0 fully saturated rings. The smallest absolute Gasteiger partial charge is 0.305 e. The first kappa shape index (κ1) is 17.1. The molecule has 0 heterocycles. The molecule has 1 aromatic carbocycles. The first-order valence-electron chi connectivity index (χ1n) is 5.91. The number of aliphatic carboxylic acids is 1. The Morgan fingerprint density at radius 3 is 2.70 bits per heavy atom.